The van der Waals surface area contributed by atoms with Gasteiger partial charge >= 0.3 is 6.09 Å². The number of hydrogen-bond donors (Lipinski definition) is 1. The molecule has 1 heterocycles. The summed E-state index contributed by atoms with van der Waals surface area (Å²) in [5, 5.41) is 3.50. The van der Waals surface area contributed by atoms with Crippen LogP contribution in [-0.4, -0.2) is 66.7 Å². The van der Waals surface area contributed by atoms with Gasteiger partial charge in [0.25, 0.3) is 0 Å². The summed E-state index contributed by atoms with van der Waals surface area (Å²) in [5.74, 6) is 1.61. The van der Waals surface area contributed by atoms with E-state index in [0.717, 1.165) is 51.4 Å². The lowest BCUT2D eigenvalue weighted by Gasteiger charge is -2.40. The Morgan fingerprint density at radius 2 is 1.81 bits per heavy atom. The van der Waals surface area contributed by atoms with Crippen molar-refractivity contribution in [2.24, 2.45) is 10.9 Å². The second-order valence-corrected chi connectivity index (χ2v) is 9.50. The number of ether oxygens (including phenoxy) is 1. The molecule has 1 N–H and O–H groups in total. The Morgan fingerprint density at radius 1 is 1.16 bits per heavy atom. The summed E-state index contributed by atoms with van der Waals surface area (Å²) >= 11 is 0. The highest BCUT2D eigenvalue weighted by Gasteiger charge is 2.35. The van der Waals surface area contributed by atoms with Gasteiger partial charge < -0.3 is 19.9 Å². The molecule has 6 nitrogen and oxygen atoms in total. The predicted octanol–water partition coefficient (Wildman–Crippen LogP) is 4.53. The Kier molecular flexibility index (Phi) is 9.90. The Bertz CT molecular complexity index is 708. The maximum Gasteiger partial charge on any atom is 0.410 e. The van der Waals surface area contributed by atoms with Crippen LogP contribution >= 0.6 is 24.0 Å². The van der Waals surface area contributed by atoms with Gasteiger partial charge in [-0.15, -0.1) is 24.0 Å². The van der Waals surface area contributed by atoms with Crippen molar-refractivity contribution in [3.05, 3.63) is 35.9 Å². The van der Waals surface area contributed by atoms with E-state index in [9.17, 15) is 4.79 Å². The maximum atomic E-state index is 12.8. The minimum Gasteiger partial charge on any atom is -0.444 e. The number of nitrogens with zero attached hydrogens (tertiary/aromatic N) is 3. The molecule has 1 aliphatic heterocycles. The molecular formula is C24H39IN4O2. The van der Waals surface area contributed by atoms with Crippen LogP contribution in [0.15, 0.2) is 35.3 Å². The number of hydrogen-bond acceptors (Lipinski definition) is 3. The van der Waals surface area contributed by atoms with Crippen LogP contribution in [0.2, 0.25) is 0 Å². The topological polar surface area (TPSA) is 57.2 Å². The van der Waals surface area contributed by atoms with E-state index in [4.69, 9.17) is 4.74 Å². The lowest BCUT2D eigenvalue weighted by atomic mass is 10.0. The van der Waals surface area contributed by atoms with Crippen molar-refractivity contribution in [1.29, 1.82) is 0 Å². The molecule has 1 aromatic carbocycles. The molecule has 0 aromatic heterocycles. The molecule has 1 saturated carbocycles. The second-order valence-electron chi connectivity index (χ2n) is 9.50. The number of halogens is 1. The van der Waals surface area contributed by atoms with Crippen LogP contribution < -0.4 is 5.32 Å². The van der Waals surface area contributed by atoms with Crippen LogP contribution in [0.4, 0.5) is 4.79 Å². The molecule has 7 heteroatoms. The van der Waals surface area contributed by atoms with Crippen LogP contribution in [0.3, 0.4) is 0 Å². The normalized spacial score (nSPS) is 17.7. The Hall–Kier alpha value is -1.51. The molecule has 2 fully saturated rings. The van der Waals surface area contributed by atoms with Gasteiger partial charge in [-0.25, -0.2) is 4.79 Å². The summed E-state index contributed by atoms with van der Waals surface area (Å²) in [6, 6.07) is 10.8. The highest BCUT2D eigenvalue weighted by Crippen LogP contribution is 2.32. The van der Waals surface area contributed by atoms with Crippen LogP contribution in [-0.2, 0) is 11.2 Å². The van der Waals surface area contributed by atoms with Crippen molar-refractivity contribution < 1.29 is 9.53 Å². The van der Waals surface area contributed by atoms with Crippen molar-refractivity contribution >= 4 is 36.0 Å². The van der Waals surface area contributed by atoms with Gasteiger partial charge in [0.2, 0.25) is 0 Å². The number of rotatable bonds is 6. The molecule has 0 spiro atoms. The van der Waals surface area contributed by atoms with Gasteiger partial charge in [0, 0.05) is 39.3 Å². The molecule has 2 aliphatic rings. The zero-order chi connectivity index (χ0) is 21.6. The average Bonchev–Trinajstić information content (AvgIpc) is 3.53. The highest BCUT2D eigenvalue weighted by molar-refractivity contribution is 14.0. The zero-order valence-corrected chi connectivity index (χ0v) is 21.8. The first-order valence-electron chi connectivity index (χ1n) is 11.3. The fourth-order valence-corrected chi connectivity index (χ4v) is 3.96. The van der Waals surface area contributed by atoms with Crippen LogP contribution in [0.25, 0.3) is 0 Å². The lowest BCUT2D eigenvalue weighted by molar-refractivity contribution is 0.00929. The number of piperidine rings is 1. The van der Waals surface area contributed by atoms with Crippen LogP contribution in [0.5, 0.6) is 0 Å². The molecular weight excluding hydrogens is 503 g/mol. The van der Waals surface area contributed by atoms with Crippen molar-refractivity contribution in [3.8, 4) is 0 Å². The van der Waals surface area contributed by atoms with Gasteiger partial charge in [-0.1, -0.05) is 30.3 Å². The van der Waals surface area contributed by atoms with Gasteiger partial charge in [0.15, 0.2) is 5.96 Å². The Balaban J connectivity index is 0.00000341. The second kappa shape index (κ2) is 11.9. The van der Waals surface area contributed by atoms with E-state index >= 15 is 0 Å². The molecule has 1 saturated heterocycles. The van der Waals surface area contributed by atoms with E-state index in [2.05, 4.69) is 39.5 Å². The zero-order valence-electron chi connectivity index (χ0n) is 19.5. The number of carbonyl (C=O) groups is 1. The van der Waals surface area contributed by atoms with E-state index in [1.807, 2.05) is 38.8 Å². The Morgan fingerprint density at radius 3 is 2.35 bits per heavy atom. The molecule has 0 bridgehead atoms. The van der Waals surface area contributed by atoms with E-state index < -0.39 is 5.60 Å². The first-order chi connectivity index (χ1) is 14.4. The maximum absolute atomic E-state index is 12.8. The minimum atomic E-state index is -0.454. The quantitative estimate of drug-likeness (QED) is 0.326. The number of aliphatic imine (C=N–C) groups is 1. The number of guanidine groups is 1. The third kappa shape index (κ3) is 8.50. The number of amides is 1. The molecule has 0 atom stereocenters. The molecule has 174 valence electrons. The van der Waals surface area contributed by atoms with Crippen molar-refractivity contribution in [1.82, 2.24) is 15.1 Å². The first-order valence-corrected chi connectivity index (χ1v) is 11.3. The lowest BCUT2D eigenvalue weighted by Crippen LogP contribution is -2.52. The molecule has 31 heavy (non-hydrogen) atoms. The van der Waals surface area contributed by atoms with Gasteiger partial charge in [-0.3, -0.25) is 4.99 Å². The van der Waals surface area contributed by atoms with Gasteiger partial charge in [-0.05, 0) is 64.4 Å². The van der Waals surface area contributed by atoms with Gasteiger partial charge in [0.05, 0.1) is 0 Å². The molecule has 1 aromatic rings. The van der Waals surface area contributed by atoms with E-state index in [-0.39, 0.29) is 36.1 Å². The van der Waals surface area contributed by atoms with E-state index in [0.29, 0.717) is 5.92 Å². The summed E-state index contributed by atoms with van der Waals surface area (Å²) in [6.45, 7) is 9.32. The SMILES string of the molecule is CN=C(NCCc1ccccc1)N1CCC(N(CC2CC2)C(=O)OC(C)(C)C)CC1.I. The summed E-state index contributed by atoms with van der Waals surface area (Å²) in [6.07, 6.45) is 5.19. The van der Waals surface area contributed by atoms with Crippen molar-refractivity contribution in [2.45, 2.75) is 64.5 Å². The number of nitrogens with one attached hydrogen (secondary N) is 1. The fourth-order valence-electron chi connectivity index (χ4n) is 3.96. The average molecular weight is 543 g/mol. The summed E-state index contributed by atoms with van der Waals surface area (Å²) < 4.78 is 5.71. The minimum absolute atomic E-state index is 0. The van der Waals surface area contributed by atoms with Gasteiger partial charge in [-0.2, -0.15) is 0 Å². The third-order valence-electron chi connectivity index (χ3n) is 5.74. The highest BCUT2D eigenvalue weighted by atomic mass is 127. The first kappa shape index (κ1) is 25.7. The molecule has 1 aliphatic carbocycles. The standard InChI is InChI=1S/C24H38N4O2.HI/c1-24(2,3)30-23(29)28(18-20-10-11-20)21-13-16-27(17-14-21)22(25-4)26-15-12-19-8-6-5-7-9-19;/h5-9,20-21H,10-18H2,1-4H3,(H,25,26);1H. The van der Waals surface area contributed by atoms with Crippen LogP contribution in [0.1, 0.15) is 52.0 Å². The fraction of sp³-hybridized carbons (Fsp3) is 0.667. The monoisotopic (exact) mass is 542 g/mol. The Labute approximate surface area is 204 Å². The predicted molar refractivity (Wildman–Crippen MR) is 137 cm³/mol. The number of likely N-dealkylation sites (tertiary alicyclic amines) is 1. The molecule has 0 unspecified atom stereocenters. The van der Waals surface area contributed by atoms with E-state index in [1.54, 1.807) is 0 Å². The largest absolute Gasteiger partial charge is 0.444 e. The van der Waals surface area contributed by atoms with Crippen molar-refractivity contribution in [2.75, 3.05) is 33.2 Å². The van der Waals surface area contributed by atoms with Gasteiger partial charge in [0.1, 0.15) is 5.60 Å². The summed E-state index contributed by atoms with van der Waals surface area (Å²) in [4.78, 5) is 21.6. The van der Waals surface area contributed by atoms with E-state index in [1.165, 1.54) is 18.4 Å². The smallest absolute Gasteiger partial charge is 0.410 e. The summed E-state index contributed by atoms with van der Waals surface area (Å²) in [7, 11) is 1.84. The molecule has 1 amide bonds. The number of benzene rings is 1. The molecule has 0 radical (unpaired) electrons. The summed E-state index contributed by atoms with van der Waals surface area (Å²) in [5.41, 5.74) is 0.872. The van der Waals surface area contributed by atoms with Crippen molar-refractivity contribution in [3.63, 3.8) is 0 Å². The van der Waals surface area contributed by atoms with Crippen LogP contribution in [0, 0.1) is 5.92 Å². The third-order valence-corrected chi connectivity index (χ3v) is 5.74. The number of carbonyl (C=O) groups excluding carboxylic acids is 1. The molecule has 3 rings (SSSR count).